The van der Waals surface area contributed by atoms with E-state index < -0.39 is 0 Å². The van der Waals surface area contributed by atoms with Crippen LogP contribution in [0.5, 0.6) is 0 Å². The van der Waals surface area contributed by atoms with E-state index in [1.807, 2.05) is 32.0 Å². The van der Waals surface area contributed by atoms with E-state index in [1.54, 1.807) is 6.07 Å². The van der Waals surface area contributed by atoms with E-state index in [2.05, 4.69) is 0 Å². The van der Waals surface area contributed by atoms with Crippen molar-refractivity contribution in [1.82, 2.24) is 0 Å². The Morgan fingerprint density at radius 3 is 2.54 bits per heavy atom. The number of carbonyl (C=O) groups is 1. The molecule has 0 fully saturated rings. The van der Waals surface area contributed by atoms with Gasteiger partial charge in [0.05, 0.1) is 11.6 Å². The largest absolute Gasteiger partial charge is 0.298 e. The molecule has 13 heavy (non-hydrogen) atoms. The number of nitrogens with zero attached hydrogens (tertiary/aromatic N) is 1. The molecule has 0 spiro atoms. The molecule has 0 heterocycles. The van der Waals surface area contributed by atoms with Crippen LogP contribution >= 0.6 is 0 Å². The highest BCUT2D eigenvalue weighted by Gasteiger charge is 2.03. The molecule has 0 unspecified atom stereocenters. The van der Waals surface area contributed by atoms with E-state index in [9.17, 15) is 4.79 Å². The second kappa shape index (κ2) is 3.86. The van der Waals surface area contributed by atoms with E-state index in [1.165, 1.54) is 0 Å². The highest BCUT2D eigenvalue weighted by Crippen LogP contribution is 2.17. The van der Waals surface area contributed by atoms with Gasteiger partial charge in [-0.2, -0.15) is 5.26 Å². The van der Waals surface area contributed by atoms with Crippen LogP contribution in [-0.4, -0.2) is 6.29 Å². The molecule has 0 aliphatic heterocycles. The Hall–Kier alpha value is -1.62. The third-order valence-electron chi connectivity index (χ3n) is 1.91. The lowest BCUT2D eigenvalue weighted by molar-refractivity contribution is 0.112. The molecule has 0 bridgehead atoms. The Bertz CT molecular complexity index is 361. The molecule has 2 heteroatoms. The zero-order chi connectivity index (χ0) is 9.84. The Balaban J connectivity index is 3.24. The van der Waals surface area contributed by atoms with Gasteiger partial charge >= 0.3 is 0 Å². The van der Waals surface area contributed by atoms with Gasteiger partial charge in [-0.1, -0.05) is 13.8 Å². The van der Waals surface area contributed by atoms with Crippen LogP contribution in [0.25, 0.3) is 0 Å². The third-order valence-corrected chi connectivity index (χ3v) is 1.91. The standard InChI is InChI=1S/C11H11NO/c1-8(2)11-4-9(6-12)3-10(5-11)7-13/h3-5,7-8H,1-2H3. The summed E-state index contributed by atoms with van der Waals surface area (Å²) in [6.45, 7) is 4.07. The van der Waals surface area contributed by atoms with Gasteiger partial charge in [-0.3, -0.25) is 4.79 Å². The molecule has 0 radical (unpaired) electrons. The average molecular weight is 173 g/mol. The van der Waals surface area contributed by atoms with Crippen LogP contribution in [0.15, 0.2) is 18.2 Å². The first kappa shape index (κ1) is 9.47. The van der Waals surface area contributed by atoms with Crippen molar-refractivity contribution in [3.8, 4) is 6.07 Å². The third kappa shape index (κ3) is 2.16. The molecule has 1 aromatic rings. The molecule has 66 valence electrons. The van der Waals surface area contributed by atoms with Gasteiger partial charge in [-0.25, -0.2) is 0 Å². The normalized spacial score (nSPS) is 9.69. The lowest BCUT2D eigenvalue weighted by Gasteiger charge is -2.05. The van der Waals surface area contributed by atoms with Crippen LogP contribution in [0.3, 0.4) is 0 Å². The molecular formula is C11H11NO. The smallest absolute Gasteiger partial charge is 0.150 e. The van der Waals surface area contributed by atoms with Crippen LogP contribution in [0, 0.1) is 11.3 Å². The molecule has 0 atom stereocenters. The maximum absolute atomic E-state index is 10.5. The van der Waals surface area contributed by atoms with E-state index in [0.717, 1.165) is 11.8 Å². The van der Waals surface area contributed by atoms with Gasteiger partial charge in [-0.15, -0.1) is 0 Å². The fourth-order valence-electron chi connectivity index (χ4n) is 1.14. The number of hydrogen-bond donors (Lipinski definition) is 0. The maximum Gasteiger partial charge on any atom is 0.150 e. The van der Waals surface area contributed by atoms with Crippen LogP contribution < -0.4 is 0 Å². The van der Waals surface area contributed by atoms with Crippen LogP contribution in [0.2, 0.25) is 0 Å². The molecule has 0 aliphatic carbocycles. The van der Waals surface area contributed by atoms with E-state index in [0.29, 0.717) is 17.0 Å². The number of benzene rings is 1. The first-order chi connectivity index (χ1) is 6.17. The van der Waals surface area contributed by atoms with Gasteiger partial charge in [0.25, 0.3) is 0 Å². The highest BCUT2D eigenvalue weighted by molar-refractivity contribution is 5.76. The molecule has 1 rings (SSSR count). The fraction of sp³-hybridized carbons (Fsp3) is 0.273. The van der Waals surface area contributed by atoms with Gasteiger partial charge in [0.1, 0.15) is 6.29 Å². The summed E-state index contributed by atoms with van der Waals surface area (Å²) in [6.07, 6.45) is 0.771. The lowest BCUT2D eigenvalue weighted by Crippen LogP contribution is -1.92. The summed E-state index contributed by atoms with van der Waals surface area (Å²) in [5, 5.41) is 8.70. The fourth-order valence-corrected chi connectivity index (χ4v) is 1.14. The zero-order valence-corrected chi connectivity index (χ0v) is 7.74. The van der Waals surface area contributed by atoms with Crippen LogP contribution in [0.1, 0.15) is 41.3 Å². The molecule has 0 aromatic heterocycles. The van der Waals surface area contributed by atoms with E-state index in [-0.39, 0.29) is 0 Å². The summed E-state index contributed by atoms with van der Waals surface area (Å²) in [6, 6.07) is 7.27. The minimum Gasteiger partial charge on any atom is -0.298 e. The molecular weight excluding hydrogens is 162 g/mol. The van der Waals surface area contributed by atoms with Crippen molar-refractivity contribution in [3.05, 3.63) is 34.9 Å². The summed E-state index contributed by atoms with van der Waals surface area (Å²) < 4.78 is 0. The minimum absolute atomic E-state index is 0.340. The number of rotatable bonds is 2. The number of carbonyl (C=O) groups excluding carboxylic acids is 1. The summed E-state index contributed by atoms with van der Waals surface area (Å²) in [7, 11) is 0. The van der Waals surface area contributed by atoms with Crippen molar-refractivity contribution in [2.24, 2.45) is 0 Å². The summed E-state index contributed by atoms with van der Waals surface area (Å²) in [4.78, 5) is 10.5. The maximum atomic E-state index is 10.5. The first-order valence-corrected chi connectivity index (χ1v) is 4.17. The Morgan fingerprint density at radius 2 is 2.08 bits per heavy atom. The predicted octanol–water partition coefficient (Wildman–Crippen LogP) is 2.49. The van der Waals surface area contributed by atoms with Gasteiger partial charge in [0.2, 0.25) is 0 Å². The molecule has 0 N–H and O–H groups in total. The number of hydrogen-bond acceptors (Lipinski definition) is 2. The molecule has 1 aromatic carbocycles. The average Bonchev–Trinajstić information content (AvgIpc) is 2.16. The van der Waals surface area contributed by atoms with E-state index >= 15 is 0 Å². The predicted molar refractivity (Wildman–Crippen MR) is 50.6 cm³/mol. The molecule has 0 saturated carbocycles. The van der Waals surface area contributed by atoms with Crippen LogP contribution in [0.4, 0.5) is 0 Å². The Kier molecular flexibility index (Phi) is 2.81. The first-order valence-electron chi connectivity index (χ1n) is 4.17. The summed E-state index contributed by atoms with van der Waals surface area (Å²) >= 11 is 0. The Labute approximate surface area is 77.8 Å². The quantitative estimate of drug-likeness (QED) is 0.644. The lowest BCUT2D eigenvalue weighted by atomic mass is 9.98. The molecule has 2 nitrogen and oxygen atoms in total. The van der Waals surface area contributed by atoms with Gasteiger partial charge in [0, 0.05) is 5.56 Å². The van der Waals surface area contributed by atoms with E-state index in [4.69, 9.17) is 5.26 Å². The Morgan fingerprint density at radius 1 is 1.38 bits per heavy atom. The van der Waals surface area contributed by atoms with Gasteiger partial charge in [-0.05, 0) is 29.7 Å². The highest BCUT2D eigenvalue weighted by atomic mass is 16.1. The summed E-state index contributed by atoms with van der Waals surface area (Å²) in [5.41, 5.74) is 2.15. The van der Waals surface area contributed by atoms with Gasteiger partial charge in [0.15, 0.2) is 0 Å². The number of aldehydes is 1. The second-order valence-electron chi connectivity index (χ2n) is 3.27. The molecule has 0 aliphatic rings. The van der Waals surface area contributed by atoms with Crippen molar-refractivity contribution >= 4 is 6.29 Å². The van der Waals surface area contributed by atoms with Crippen molar-refractivity contribution in [2.45, 2.75) is 19.8 Å². The zero-order valence-electron chi connectivity index (χ0n) is 7.74. The van der Waals surface area contributed by atoms with Crippen LogP contribution in [-0.2, 0) is 0 Å². The van der Waals surface area contributed by atoms with Crippen molar-refractivity contribution in [3.63, 3.8) is 0 Å². The molecule has 0 saturated heterocycles. The van der Waals surface area contributed by atoms with Crippen molar-refractivity contribution < 1.29 is 4.79 Å². The van der Waals surface area contributed by atoms with Crippen molar-refractivity contribution in [1.29, 1.82) is 5.26 Å². The second-order valence-corrected chi connectivity index (χ2v) is 3.27. The number of nitriles is 1. The summed E-state index contributed by atoms with van der Waals surface area (Å²) in [5.74, 6) is 0.340. The SMILES string of the molecule is CC(C)c1cc(C#N)cc(C=O)c1. The monoisotopic (exact) mass is 173 g/mol. The van der Waals surface area contributed by atoms with Gasteiger partial charge < -0.3 is 0 Å². The topological polar surface area (TPSA) is 40.9 Å². The minimum atomic E-state index is 0.340. The molecule has 0 amide bonds. The van der Waals surface area contributed by atoms with Crippen molar-refractivity contribution in [2.75, 3.05) is 0 Å².